The Hall–Kier alpha value is -1.84. The topological polar surface area (TPSA) is 41.1 Å². The number of carbonyl (C=O) groups is 1. The first-order chi connectivity index (χ1) is 10.8. The minimum Gasteiger partial charge on any atom is -0.344 e. The molecule has 0 saturated heterocycles. The summed E-state index contributed by atoms with van der Waals surface area (Å²) in [6.45, 7) is 6.39. The highest BCUT2D eigenvalue weighted by atomic mass is 35.5. The smallest absolute Gasteiger partial charge is 0.234 e. The third kappa shape index (κ3) is 5.70. The van der Waals surface area contributed by atoms with Gasteiger partial charge in [0.1, 0.15) is 0 Å². The lowest BCUT2D eigenvalue weighted by Gasteiger charge is -2.23. The summed E-state index contributed by atoms with van der Waals surface area (Å²) in [5, 5.41) is 6.98. The predicted molar refractivity (Wildman–Crippen MR) is 95.6 cm³/mol. The third-order valence-electron chi connectivity index (χ3n) is 3.42. The average molecular weight is 331 g/mol. The van der Waals surface area contributed by atoms with Crippen molar-refractivity contribution in [2.24, 2.45) is 0 Å². The maximum absolute atomic E-state index is 12.3. The first-order valence-corrected chi connectivity index (χ1v) is 8.08. The van der Waals surface area contributed by atoms with Crippen LogP contribution < -0.4 is 10.6 Å². The van der Waals surface area contributed by atoms with E-state index in [1.54, 1.807) is 0 Å². The Morgan fingerprint density at radius 3 is 2.13 bits per heavy atom. The van der Waals surface area contributed by atoms with Gasteiger partial charge >= 0.3 is 0 Å². The summed E-state index contributed by atoms with van der Waals surface area (Å²) in [5.74, 6) is -0.0382. The summed E-state index contributed by atoms with van der Waals surface area (Å²) in [7, 11) is 0. The Morgan fingerprint density at radius 1 is 1.00 bits per heavy atom. The Labute approximate surface area is 143 Å². The fraction of sp³-hybridized carbons (Fsp3) is 0.316. The van der Waals surface area contributed by atoms with Gasteiger partial charge in [0.15, 0.2) is 0 Å². The Bertz CT molecular complexity index is 633. The molecule has 2 aromatic rings. The number of halogens is 1. The molecule has 122 valence electrons. The van der Waals surface area contributed by atoms with Crippen LogP contribution in [0.1, 0.15) is 37.9 Å². The van der Waals surface area contributed by atoms with Gasteiger partial charge in [-0.05, 0) is 44.0 Å². The predicted octanol–water partition coefficient (Wildman–Crippen LogP) is 3.93. The van der Waals surface area contributed by atoms with Crippen molar-refractivity contribution in [2.75, 3.05) is 6.54 Å². The summed E-state index contributed by atoms with van der Waals surface area (Å²) in [6.07, 6.45) is 0. The van der Waals surface area contributed by atoms with Gasteiger partial charge in [-0.25, -0.2) is 0 Å². The molecule has 0 saturated carbocycles. The Kier molecular flexibility index (Phi) is 5.80. The quantitative estimate of drug-likeness (QED) is 0.872. The van der Waals surface area contributed by atoms with Crippen molar-refractivity contribution in [3.63, 3.8) is 0 Å². The molecule has 2 aromatic carbocycles. The fourth-order valence-corrected chi connectivity index (χ4v) is 2.34. The molecule has 2 rings (SSSR count). The van der Waals surface area contributed by atoms with Gasteiger partial charge in [-0.3, -0.25) is 4.79 Å². The van der Waals surface area contributed by atoms with Gasteiger partial charge in [0.05, 0.1) is 12.6 Å². The van der Waals surface area contributed by atoms with Crippen LogP contribution in [0.4, 0.5) is 0 Å². The Balaban J connectivity index is 2.18. The molecule has 0 aliphatic heterocycles. The molecule has 0 spiro atoms. The van der Waals surface area contributed by atoms with Crippen molar-refractivity contribution in [3.05, 3.63) is 70.7 Å². The molecular weight excluding hydrogens is 308 g/mol. The molecule has 0 heterocycles. The van der Waals surface area contributed by atoms with Gasteiger partial charge in [-0.1, -0.05) is 54.1 Å². The number of benzene rings is 2. The van der Waals surface area contributed by atoms with Crippen LogP contribution in [-0.4, -0.2) is 18.0 Å². The molecular formula is C19H23ClN2O. The van der Waals surface area contributed by atoms with Crippen LogP contribution >= 0.6 is 11.6 Å². The number of hydrogen-bond donors (Lipinski definition) is 2. The van der Waals surface area contributed by atoms with E-state index in [1.165, 1.54) is 0 Å². The SMILES string of the molecule is CC(C)(C)NCC(=O)NC(c1ccccc1)c1ccc(Cl)cc1. The van der Waals surface area contributed by atoms with E-state index in [9.17, 15) is 4.79 Å². The largest absolute Gasteiger partial charge is 0.344 e. The highest BCUT2D eigenvalue weighted by Gasteiger charge is 2.18. The fourth-order valence-electron chi connectivity index (χ4n) is 2.22. The first-order valence-electron chi connectivity index (χ1n) is 7.70. The molecule has 0 radical (unpaired) electrons. The van der Waals surface area contributed by atoms with E-state index in [0.29, 0.717) is 5.02 Å². The zero-order chi connectivity index (χ0) is 16.9. The number of nitrogens with one attached hydrogen (secondary N) is 2. The van der Waals surface area contributed by atoms with Gasteiger partial charge in [0.25, 0.3) is 0 Å². The van der Waals surface area contributed by atoms with Crippen LogP contribution in [0.3, 0.4) is 0 Å². The van der Waals surface area contributed by atoms with Crippen LogP contribution in [0.2, 0.25) is 5.02 Å². The van der Waals surface area contributed by atoms with E-state index >= 15 is 0 Å². The van der Waals surface area contributed by atoms with Crippen molar-refractivity contribution >= 4 is 17.5 Å². The van der Waals surface area contributed by atoms with Crippen molar-refractivity contribution in [2.45, 2.75) is 32.4 Å². The first kappa shape index (κ1) is 17.5. The van der Waals surface area contributed by atoms with Gasteiger partial charge in [0.2, 0.25) is 5.91 Å². The molecule has 23 heavy (non-hydrogen) atoms. The Morgan fingerprint density at radius 2 is 1.57 bits per heavy atom. The van der Waals surface area contributed by atoms with Crippen LogP contribution in [0.15, 0.2) is 54.6 Å². The van der Waals surface area contributed by atoms with E-state index in [2.05, 4.69) is 10.6 Å². The van der Waals surface area contributed by atoms with E-state index < -0.39 is 0 Å². The summed E-state index contributed by atoms with van der Waals surface area (Å²) in [4.78, 5) is 12.3. The van der Waals surface area contributed by atoms with Gasteiger partial charge in [-0.2, -0.15) is 0 Å². The highest BCUT2D eigenvalue weighted by molar-refractivity contribution is 6.30. The zero-order valence-electron chi connectivity index (χ0n) is 13.8. The lowest BCUT2D eigenvalue weighted by Crippen LogP contribution is -2.44. The highest BCUT2D eigenvalue weighted by Crippen LogP contribution is 2.23. The average Bonchev–Trinajstić information content (AvgIpc) is 2.52. The van der Waals surface area contributed by atoms with Crippen LogP contribution in [-0.2, 0) is 4.79 Å². The second kappa shape index (κ2) is 7.62. The minimum absolute atomic E-state index is 0.0382. The van der Waals surface area contributed by atoms with Crippen LogP contribution in [0.5, 0.6) is 0 Å². The van der Waals surface area contributed by atoms with Crippen molar-refractivity contribution in [3.8, 4) is 0 Å². The van der Waals surface area contributed by atoms with E-state index in [1.807, 2.05) is 75.4 Å². The molecule has 0 aliphatic rings. The molecule has 2 N–H and O–H groups in total. The van der Waals surface area contributed by atoms with Crippen molar-refractivity contribution in [1.29, 1.82) is 0 Å². The van der Waals surface area contributed by atoms with Gasteiger partial charge in [0, 0.05) is 10.6 Å². The lowest BCUT2D eigenvalue weighted by atomic mass is 9.98. The number of carbonyl (C=O) groups excluding carboxylic acids is 1. The molecule has 3 nitrogen and oxygen atoms in total. The number of hydrogen-bond acceptors (Lipinski definition) is 2. The molecule has 0 aliphatic carbocycles. The van der Waals surface area contributed by atoms with E-state index in [-0.39, 0.29) is 24.0 Å². The molecule has 1 amide bonds. The molecule has 0 aromatic heterocycles. The normalized spacial score (nSPS) is 12.7. The second-order valence-electron chi connectivity index (χ2n) is 6.57. The molecule has 4 heteroatoms. The third-order valence-corrected chi connectivity index (χ3v) is 3.67. The van der Waals surface area contributed by atoms with Crippen LogP contribution in [0, 0.1) is 0 Å². The monoisotopic (exact) mass is 330 g/mol. The summed E-state index contributed by atoms with van der Waals surface area (Å²) >= 11 is 5.97. The van der Waals surface area contributed by atoms with Gasteiger partial charge in [-0.15, -0.1) is 0 Å². The van der Waals surface area contributed by atoms with Crippen molar-refractivity contribution < 1.29 is 4.79 Å². The summed E-state index contributed by atoms with van der Waals surface area (Å²) < 4.78 is 0. The zero-order valence-corrected chi connectivity index (χ0v) is 14.5. The van der Waals surface area contributed by atoms with Crippen molar-refractivity contribution in [1.82, 2.24) is 10.6 Å². The molecule has 0 fully saturated rings. The molecule has 1 atom stereocenters. The van der Waals surface area contributed by atoms with E-state index in [4.69, 9.17) is 11.6 Å². The maximum atomic E-state index is 12.3. The number of rotatable bonds is 5. The maximum Gasteiger partial charge on any atom is 0.234 e. The summed E-state index contributed by atoms with van der Waals surface area (Å²) in [6, 6.07) is 17.3. The second-order valence-corrected chi connectivity index (χ2v) is 7.00. The molecule has 0 bridgehead atoms. The van der Waals surface area contributed by atoms with E-state index in [0.717, 1.165) is 11.1 Å². The standard InChI is InChI=1S/C19H23ClN2O/c1-19(2,3)21-13-17(23)22-18(14-7-5-4-6-8-14)15-9-11-16(20)12-10-15/h4-12,18,21H,13H2,1-3H3,(H,22,23). The van der Waals surface area contributed by atoms with Crippen LogP contribution in [0.25, 0.3) is 0 Å². The lowest BCUT2D eigenvalue weighted by molar-refractivity contribution is -0.121. The number of amides is 1. The van der Waals surface area contributed by atoms with Gasteiger partial charge < -0.3 is 10.6 Å². The minimum atomic E-state index is -0.192. The molecule has 1 unspecified atom stereocenters. The summed E-state index contributed by atoms with van der Waals surface area (Å²) in [5.41, 5.74) is 1.95.